The Labute approximate surface area is 134 Å². The van der Waals surface area contributed by atoms with Crippen molar-refractivity contribution in [1.82, 2.24) is 15.2 Å². The van der Waals surface area contributed by atoms with Gasteiger partial charge in [0.1, 0.15) is 6.04 Å². The summed E-state index contributed by atoms with van der Waals surface area (Å²) < 4.78 is 0. The zero-order chi connectivity index (χ0) is 17.4. The van der Waals surface area contributed by atoms with Gasteiger partial charge in [-0.3, -0.25) is 19.5 Å². The summed E-state index contributed by atoms with van der Waals surface area (Å²) in [5.41, 5.74) is 0.692. The first-order chi connectivity index (χ1) is 10.6. The molecule has 0 spiro atoms. The Hall–Kier alpha value is -2.44. The topological polar surface area (TPSA) is 99.6 Å². The molecule has 2 heterocycles. The molecule has 1 unspecified atom stereocenters. The van der Waals surface area contributed by atoms with Gasteiger partial charge in [0, 0.05) is 5.69 Å². The third-order valence-corrected chi connectivity index (χ3v) is 3.85. The highest BCUT2D eigenvalue weighted by Crippen LogP contribution is 2.32. The Morgan fingerprint density at radius 2 is 2.04 bits per heavy atom. The SMILES string of the molecule is Cc1cccc(CN2C(=O)NC([C@@H](C(=O)O)C(C)(C)C)C2=O)n1. The summed E-state index contributed by atoms with van der Waals surface area (Å²) in [6.07, 6.45) is 0. The number of aryl methyl sites for hydroxylation is 1. The monoisotopic (exact) mass is 319 g/mol. The Bertz CT molecular complexity index is 651. The van der Waals surface area contributed by atoms with E-state index in [9.17, 15) is 19.5 Å². The van der Waals surface area contributed by atoms with Crippen molar-refractivity contribution in [2.75, 3.05) is 0 Å². The Morgan fingerprint density at radius 3 is 2.57 bits per heavy atom. The van der Waals surface area contributed by atoms with Crippen molar-refractivity contribution in [1.29, 1.82) is 0 Å². The first-order valence-electron chi connectivity index (χ1n) is 7.38. The van der Waals surface area contributed by atoms with E-state index >= 15 is 0 Å². The Balaban J connectivity index is 2.24. The number of imide groups is 1. The Kier molecular flexibility index (Phi) is 4.40. The molecule has 0 saturated carbocycles. The van der Waals surface area contributed by atoms with Crippen molar-refractivity contribution in [2.45, 2.75) is 40.3 Å². The molecular weight excluding hydrogens is 298 g/mol. The molecule has 7 heteroatoms. The summed E-state index contributed by atoms with van der Waals surface area (Å²) in [5, 5.41) is 12.0. The molecule has 2 N–H and O–H groups in total. The number of hydrogen-bond acceptors (Lipinski definition) is 4. The number of rotatable bonds is 4. The second kappa shape index (κ2) is 5.98. The van der Waals surface area contributed by atoms with Crippen LogP contribution in [-0.2, 0) is 16.1 Å². The van der Waals surface area contributed by atoms with E-state index in [2.05, 4.69) is 10.3 Å². The number of hydrogen-bond donors (Lipinski definition) is 2. The van der Waals surface area contributed by atoms with Crippen molar-refractivity contribution in [3.8, 4) is 0 Å². The molecule has 1 saturated heterocycles. The molecule has 2 rings (SSSR count). The number of aromatic nitrogens is 1. The fourth-order valence-corrected chi connectivity index (χ4v) is 2.78. The van der Waals surface area contributed by atoms with Gasteiger partial charge in [-0.2, -0.15) is 0 Å². The number of nitrogens with one attached hydrogen (secondary N) is 1. The summed E-state index contributed by atoms with van der Waals surface area (Å²) in [5.74, 6) is -2.64. The fraction of sp³-hybridized carbons (Fsp3) is 0.500. The molecule has 1 aliphatic rings. The minimum absolute atomic E-state index is 0.0271. The van der Waals surface area contributed by atoms with Crippen molar-refractivity contribution >= 4 is 17.9 Å². The lowest BCUT2D eigenvalue weighted by atomic mass is 9.76. The molecule has 1 aromatic rings. The van der Waals surface area contributed by atoms with Crippen LogP contribution in [0.2, 0.25) is 0 Å². The fourth-order valence-electron chi connectivity index (χ4n) is 2.78. The van der Waals surface area contributed by atoms with Crippen molar-refractivity contribution in [3.63, 3.8) is 0 Å². The number of carboxylic acids is 1. The molecule has 124 valence electrons. The van der Waals surface area contributed by atoms with E-state index in [1.165, 1.54) is 0 Å². The third kappa shape index (κ3) is 3.49. The van der Waals surface area contributed by atoms with Crippen LogP contribution in [0.5, 0.6) is 0 Å². The van der Waals surface area contributed by atoms with Crippen molar-refractivity contribution in [3.05, 3.63) is 29.6 Å². The standard InChI is InChI=1S/C16H21N3O4/c1-9-6-5-7-10(17-9)8-19-13(20)12(18-15(19)23)11(14(21)22)16(2,3)4/h5-7,11-12H,8H2,1-4H3,(H,18,23)(H,21,22)/t11-,12?/m0/s1. The minimum Gasteiger partial charge on any atom is -0.481 e. The number of carboxylic acid groups (broad SMARTS) is 1. The van der Waals surface area contributed by atoms with E-state index in [1.807, 2.05) is 13.0 Å². The molecule has 23 heavy (non-hydrogen) atoms. The lowest BCUT2D eigenvalue weighted by Crippen LogP contribution is -2.47. The van der Waals surface area contributed by atoms with Crippen LogP contribution in [0.4, 0.5) is 4.79 Å². The van der Waals surface area contributed by atoms with Crippen LogP contribution >= 0.6 is 0 Å². The van der Waals surface area contributed by atoms with Gasteiger partial charge >= 0.3 is 12.0 Å². The molecule has 0 aliphatic carbocycles. The normalized spacial score (nSPS) is 19.7. The lowest BCUT2D eigenvalue weighted by Gasteiger charge is -2.30. The first-order valence-corrected chi connectivity index (χ1v) is 7.38. The molecule has 1 aliphatic heterocycles. The molecule has 0 aromatic carbocycles. The van der Waals surface area contributed by atoms with Crippen LogP contribution in [0.3, 0.4) is 0 Å². The maximum absolute atomic E-state index is 12.5. The van der Waals surface area contributed by atoms with Crippen LogP contribution in [0.25, 0.3) is 0 Å². The van der Waals surface area contributed by atoms with E-state index in [1.54, 1.807) is 32.9 Å². The van der Waals surface area contributed by atoms with E-state index in [4.69, 9.17) is 0 Å². The van der Waals surface area contributed by atoms with Gasteiger partial charge in [-0.05, 0) is 24.5 Å². The van der Waals surface area contributed by atoms with E-state index < -0.39 is 35.3 Å². The number of nitrogens with zero attached hydrogens (tertiary/aromatic N) is 2. The third-order valence-electron chi connectivity index (χ3n) is 3.85. The smallest absolute Gasteiger partial charge is 0.325 e. The molecule has 0 radical (unpaired) electrons. The van der Waals surface area contributed by atoms with Crippen LogP contribution in [-0.4, -0.2) is 38.9 Å². The maximum atomic E-state index is 12.5. The number of urea groups is 1. The maximum Gasteiger partial charge on any atom is 0.325 e. The van der Waals surface area contributed by atoms with Crippen molar-refractivity contribution in [2.24, 2.45) is 11.3 Å². The second-order valence-corrected chi connectivity index (χ2v) is 6.80. The van der Waals surface area contributed by atoms with Gasteiger partial charge in [0.2, 0.25) is 0 Å². The van der Waals surface area contributed by atoms with E-state index in [0.717, 1.165) is 10.6 Å². The predicted molar refractivity (Wildman–Crippen MR) is 82.4 cm³/mol. The summed E-state index contributed by atoms with van der Waals surface area (Å²) in [6, 6.07) is 3.68. The Morgan fingerprint density at radius 1 is 1.39 bits per heavy atom. The number of carbonyl (C=O) groups excluding carboxylic acids is 2. The lowest BCUT2D eigenvalue weighted by molar-refractivity contribution is -0.150. The van der Waals surface area contributed by atoms with Crippen molar-refractivity contribution < 1.29 is 19.5 Å². The van der Waals surface area contributed by atoms with Gasteiger partial charge < -0.3 is 10.4 Å². The summed E-state index contributed by atoms with van der Waals surface area (Å²) in [4.78, 5) is 41.5. The highest BCUT2D eigenvalue weighted by atomic mass is 16.4. The number of carbonyl (C=O) groups is 3. The molecule has 2 atom stereocenters. The van der Waals surface area contributed by atoms with Gasteiger partial charge in [0.05, 0.1) is 18.2 Å². The van der Waals surface area contributed by atoms with E-state index in [0.29, 0.717) is 5.69 Å². The minimum atomic E-state index is -1.10. The summed E-state index contributed by atoms with van der Waals surface area (Å²) in [6.45, 7) is 7.04. The largest absolute Gasteiger partial charge is 0.481 e. The van der Waals surface area contributed by atoms with Crippen LogP contribution in [0.15, 0.2) is 18.2 Å². The van der Waals surface area contributed by atoms with Gasteiger partial charge in [-0.1, -0.05) is 26.8 Å². The van der Waals surface area contributed by atoms with E-state index in [-0.39, 0.29) is 6.54 Å². The predicted octanol–water partition coefficient (Wildman–Crippen LogP) is 1.56. The van der Waals surface area contributed by atoms with Gasteiger partial charge in [0.15, 0.2) is 0 Å². The number of amides is 3. The quantitative estimate of drug-likeness (QED) is 0.820. The molecule has 1 aromatic heterocycles. The average Bonchev–Trinajstić information content (AvgIpc) is 2.65. The molecule has 3 amide bonds. The van der Waals surface area contributed by atoms with Gasteiger partial charge in [-0.15, -0.1) is 0 Å². The van der Waals surface area contributed by atoms with Crippen LogP contribution in [0, 0.1) is 18.3 Å². The molecule has 7 nitrogen and oxygen atoms in total. The van der Waals surface area contributed by atoms with Crippen LogP contribution < -0.4 is 5.32 Å². The average molecular weight is 319 g/mol. The summed E-state index contributed by atoms with van der Waals surface area (Å²) >= 11 is 0. The van der Waals surface area contributed by atoms with Crippen LogP contribution in [0.1, 0.15) is 32.2 Å². The van der Waals surface area contributed by atoms with Gasteiger partial charge in [0.25, 0.3) is 5.91 Å². The number of pyridine rings is 1. The molecular formula is C16H21N3O4. The highest BCUT2D eigenvalue weighted by molar-refractivity contribution is 6.06. The zero-order valence-electron chi connectivity index (χ0n) is 13.7. The summed E-state index contributed by atoms with van der Waals surface area (Å²) in [7, 11) is 0. The zero-order valence-corrected chi connectivity index (χ0v) is 13.7. The van der Waals surface area contributed by atoms with Gasteiger partial charge in [-0.25, -0.2) is 4.79 Å². The highest BCUT2D eigenvalue weighted by Gasteiger charge is 2.49. The molecule has 1 fully saturated rings. The molecule has 0 bridgehead atoms. The second-order valence-electron chi connectivity index (χ2n) is 6.80. The first kappa shape index (κ1) is 16.9. The number of aliphatic carboxylic acids is 1.